The number of aryl methyl sites for hydroxylation is 1. The fourth-order valence-corrected chi connectivity index (χ4v) is 5.55. The van der Waals surface area contributed by atoms with Crippen LogP contribution in [0.3, 0.4) is 0 Å². The van der Waals surface area contributed by atoms with Crippen LogP contribution in [0.25, 0.3) is 10.9 Å². The molecule has 4 rings (SSSR count). The summed E-state index contributed by atoms with van der Waals surface area (Å²) in [6.45, 7) is -0.357. The van der Waals surface area contributed by atoms with Gasteiger partial charge in [-0.25, -0.2) is 22.3 Å². The second-order valence-corrected chi connectivity index (χ2v) is 11.1. The van der Waals surface area contributed by atoms with Crippen LogP contribution in [-0.2, 0) is 23.6 Å². The number of nitrogens with two attached hydrogens (primary N) is 1. The molecule has 1 aromatic heterocycles. The van der Waals surface area contributed by atoms with Gasteiger partial charge in [0, 0.05) is 28.1 Å². The van der Waals surface area contributed by atoms with E-state index < -0.39 is 28.4 Å². The number of amides is 2. The lowest BCUT2D eigenvalue weighted by molar-refractivity contribution is 0.246. The third-order valence-electron chi connectivity index (χ3n) is 6.07. The Kier molecular flexibility index (Phi) is 8.39. The molecule has 1 aliphatic rings. The molecule has 2 amide bonds. The molecular formula is C25H25Cl2FN6O3S. The summed E-state index contributed by atoms with van der Waals surface area (Å²) in [6, 6.07) is 8.31. The van der Waals surface area contributed by atoms with Crippen molar-refractivity contribution in [1.29, 1.82) is 0 Å². The second kappa shape index (κ2) is 11.5. The number of nitrogens with one attached hydrogen (secondary N) is 2. The number of benzene rings is 2. The highest BCUT2D eigenvalue weighted by Gasteiger charge is 2.24. The molecule has 9 nitrogen and oxygen atoms in total. The van der Waals surface area contributed by atoms with Crippen LogP contribution < -0.4 is 15.8 Å². The molecule has 13 heteroatoms. The number of carbonyl (C=O) groups excluding carboxylic acids is 1. The number of hydrogen-bond donors (Lipinski definition) is 3. The van der Waals surface area contributed by atoms with Crippen molar-refractivity contribution >= 4 is 55.9 Å². The van der Waals surface area contributed by atoms with E-state index in [4.69, 9.17) is 28.9 Å². The molecule has 2 aromatic carbocycles. The third-order valence-corrected chi connectivity index (χ3v) is 7.99. The van der Waals surface area contributed by atoms with E-state index in [-0.39, 0.29) is 11.4 Å². The highest BCUT2D eigenvalue weighted by Crippen LogP contribution is 2.30. The summed E-state index contributed by atoms with van der Waals surface area (Å²) in [5.41, 5.74) is 8.57. The van der Waals surface area contributed by atoms with E-state index in [1.807, 2.05) is 4.72 Å². The van der Waals surface area contributed by atoms with Crippen LogP contribution >= 0.6 is 23.2 Å². The van der Waals surface area contributed by atoms with Gasteiger partial charge in [-0.15, -0.1) is 0 Å². The zero-order valence-corrected chi connectivity index (χ0v) is 22.7. The van der Waals surface area contributed by atoms with Gasteiger partial charge in [-0.3, -0.25) is 9.67 Å². The summed E-state index contributed by atoms with van der Waals surface area (Å²) in [7, 11) is -2.46. The van der Waals surface area contributed by atoms with Gasteiger partial charge in [0.25, 0.3) is 10.0 Å². The van der Waals surface area contributed by atoms with Crippen molar-refractivity contribution in [3.05, 3.63) is 81.4 Å². The number of carbonyl (C=O) groups is 1. The van der Waals surface area contributed by atoms with E-state index in [1.165, 1.54) is 24.5 Å². The van der Waals surface area contributed by atoms with Crippen molar-refractivity contribution in [2.75, 3.05) is 6.54 Å². The zero-order valence-electron chi connectivity index (χ0n) is 20.3. The largest absolute Gasteiger partial charge is 0.404 e. The fourth-order valence-electron chi connectivity index (χ4n) is 4.11. The number of fused-ring (bicyclic) bond motifs is 1. The summed E-state index contributed by atoms with van der Waals surface area (Å²) in [5, 5.41) is 7.86. The first-order chi connectivity index (χ1) is 18.1. The maximum Gasteiger partial charge on any atom is 0.329 e. The topological polar surface area (TPSA) is 131 Å². The Morgan fingerprint density at radius 1 is 1.24 bits per heavy atom. The molecule has 0 atom stereocenters. The molecular weight excluding hydrogens is 554 g/mol. The van der Waals surface area contributed by atoms with Crippen molar-refractivity contribution in [3.8, 4) is 0 Å². The molecule has 38 heavy (non-hydrogen) atoms. The summed E-state index contributed by atoms with van der Waals surface area (Å²) in [5.74, 6) is -0.644. The highest BCUT2D eigenvalue weighted by molar-refractivity contribution is 7.90. The molecule has 1 fully saturated rings. The average Bonchev–Trinajstić information content (AvgIpc) is 3.26. The second-order valence-electron chi connectivity index (χ2n) is 8.61. The van der Waals surface area contributed by atoms with Crippen molar-refractivity contribution in [2.45, 2.75) is 30.7 Å². The lowest BCUT2D eigenvalue weighted by Gasteiger charge is -2.21. The number of urea groups is 1. The smallest absolute Gasteiger partial charge is 0.329 e. The maximum atomic E-state index is 15.3. The van der Waals surface area contributed by atoms with Crippen molar-refractivity contribution in [1.82, 2.24) is 19.8 Å². The SMILES string of the molecule is Cn1ncc2cc(S(=O)(=O)NC(=O)NC/C(F)=C3\CCC/C(=C/N)C3=NCc3ccc(Cl)cc3Cl)ccc21. The van der Waals surface area contributed by atoms with Crippen LogP contribution in [-0.4, -0.2) is 36.5 Å². The third kappa shape index (κ3) is 6.17. The monoisotopic (exact) mass is 578 g/mol. The molecule has 1 aliphatic carbocycles. The van der Waals surface area contributed by atoms with E-state index in [1.54, 1.807) is 36.0 Å². The van der Waals surface area contributed by atoms with E-state index in [0.717, 1.165) is 5.52 Å². The number of halogens is 3. The van der Waals surface area contributed by atoms with E-state index >= 15 is 4.39 Å². The molecule has 0 saturated heterocycles. The summed E-state index contributed by atoms with van der Waals surface area (Å²) < 4.78 is 44.1. The molecule has 0 unspecified atom stereocenters. The van der Waals surface area contributed by atoms with Crippen LogP contribution in [0.4, 0.5) is 9.18 Å². The van der Waals surface area contributed by atoms with E-state index in [0.29, 0.717) is 57.1 Å². The first-order valence-electron chi connectivity index (χ1n) is 11.6. The van der Waals surface area contributed by atoms with Crippen LogP contribution in [0.2, 0.25) is 10.0 Å². The zero-order chi connectivity index (χ0) is 27.4. The van der Waals surface area contributed by atoms with Gasteiger partial charge in [0.05, 0.1) is 35.4 Å². The molecule has 3 aromatic rings. The summed E-state index contributed by atoms with van der Waals surface area (Å²) in [6.07, 6.45) is 4.55. The van der Waals surface area contributed by atoms with Crippen LogP contribution in [0.1, 0.15) is 24.8 Å². The Bertz CT molecular complexity index is 1600. The van der Waals surface area contributed by atoms with Gasteiger partial charge in [-0.2, -0.15) is 5.10 Å². The van der Waals surface area contributed by atoms with E-state index in [9.17, 15) is 13.2 Å². The van der Waals surface area contributed by atoms with Gasteiger partial charge in [0.2, 0.25) is 0 Å². The number of nitrogens with zero attached hydrogens (tertiary/aromatic N) is 3. The van der Waals surface area contributed by atoms with Crippen molar-refractivity contribution in [2.24, 2.45) is 17.8 Å². The normalized spacial score (nSPS) is 17.7. The van der Waals surface area contributed by atoms with Gasteiger partial charge in [0.1, 0.15) is 5.83 Å². The Hall–Kier alpha value is -3.41. The molecule has 1 saturated carbocycles. The molecule has 4 N–H and O–H groups in total. The first kappa shape index (κ1) is 27.6. The lowest BCUT2D eigenvalue weighted by atomic mass is 9.87. The predicted molar refractivity (Wildman–Crippen MR) is 146 cm³/mol. The number of aliphatic imine (C=N–C) groups is 1. The highest BCUT2D eigenvalue weighted by atomic mass is 35.5. The molecule has 0 spiro atoms. The number of hydrogen-bond acceptors (Lipinski definition) is 6. The Morgan fingerprint density at radius 2 is 2.03 bits per heavy atom. The average molecular weight is 579 g/mol. The first-order valence-corrected chi connectivity index (χ1v) is 13.8. The number of sulfonamides is 1. The molecule has 0 radical (unpaired) electrons. The van der Waals surface area contributed by atoms with Gasteiger partial charge in [0.15, 0.2) is 0 Å². The summed E-state index contributed by atoms with van der Waals surface area (Å²) >= 11 is 12.2. The lowest BCUT2D eigenvalue weighted by Crippen LogP contribution is -2.40. The Balaban J connectivity index is 1.48. The Morgan fingerprint density at radius 3 is 2.76 bits per heavy atom. The fraction of sp³-hybridized carbons (Fsp3) is 0.240. The number of allylic oxidation sites excluding steroid dienone is 2. The minimum Gasteiger partial charge on any atom is -0.404 e. The van der Waals surface area contributed by atoms with Gasteiger partial charge < -0.3 is 11.1 Å². The van der Waals surface area contributed by atoms with Crippen LogP contribution in [0.5, 0.6) is 0 Å². The predicted octanol–water partition coefficient (Wildman–Crippen LogP) is 4.76. The maximum absolute atomic E-state index is 15.3. The van der Waals surface area contributed by atoms with Gasteiger partial charge in [-0.05, 0) is 66.9 Å². The number of rotatable bonds is 6. The van der Waals surface area contributed by atoms with Crippen LogP contribution in [0.15, 0.2) is 75.7 Å². The van der Waals surface area contributed by atoms with Crippen molar-refractivity contribution in [3.63, 3.8) is 0 Å². The molecule has 200 valence electrons. The van der Waals surface area contributed by atoms with Crippen LogP contribution in [0, 0.1) is 0 Å². The van der Waals surface area contributed by atoms with Crippen molar-refractivity contribution < 1.29 is 17.6 Å². The molecule has 1 heterocycles. The minimum absolute atomic E-state index is 0.118. The molecule has 0 bridgehead atoms. The van der Waals surface area contributed by atoms with Gasteiger partial charge >= 0.3 is 6.03 Å². The van der Waals surface area contributed by atoms with Gasteiger partial charge in [-0.1, -0.05) is 29.3 Å². The number of aromatic nitrogens is 2. The minimum atomic E-state index is -4.19. The quantitative estimate of drug-likeness (QED) is 0.388. The standard InChI is InChI=1S/C25H25Cl2FN6O3S/c1-34-23-8-7-19(9-17(23)13-32-34)38(36,37)33-25(35)31-14-22(28)20-4-2-3-15(11-29)24(20)30-12-16-5-6-18(26)10-21(16)27/h5-11,13H,2-4,12,14,29H2,1H3,(H2,31,33,35)/b15-11-,22-20-,30-24?. The summed E-state index contributed by atoms with van der Waals surface area (Å²) in [4.78, 5) is 16.8. The molecule has 0 aliphatic heterocycles. The van der Waals surface area contributed by atoms with E-state index in [2.05, 4.69) is 15.4 Å². The Labute approximate surface area is 229 Å².